The lowest BCUT2D eigenvalue weighted by atomic mass is 10.3. The maximum absolute atomic E-state index is 11.5. The van der Waals surface area contributed by atoms with E-state index in [1.807, 2.05) is 0 Å². The van der Waals surface area contributed by atoms with Crippen molar-refractivity contribution in [3.63, 3.8) is 0 Å². The molecule has 1 heterocycles. The molecule has 0 bridgehead atoms. The zero-order valence-electron chi connectivity index (χ0n) is 8.35. The van der Waals surface area contributed by atoms with Crippen LogP contribution in [0.15, 0.2) is 0 Å². The predicted molar refractivity (Wildman–Crippen MR) is 50.2 cm³/mol. The lowest BCUT2D eigenvalue weighted by Crippen LogP contribution is -2.39. The first-order valence-electron chi connectivity index (χ1n) is 4.30. The minimum atomic E-state index is -3.46. The fraction of sp³-hybridized carbons (Fsp3) is 0.750. The number of carbonyl (C=O) groups excluding carboxylic acids is 2. The van der Waals surface area contributed by atoms with Crippen molar-refractivity contribution in [1.82, 2.24) is 4.90 Å². The van der Waals surface area contributed by atoms with Gasteiger partial charge in [-0.3, -0.25) is 14.5 Å². The largest absolute Gasteiger partial charge is 0.279 e. The molecule has 14 heavy (non-hydrogen) atoms. The van der Waals surface area contributed by atoms with Crippen LogP contribution in [0.3, 0.4) is 0 Å². The minimum absolute atomic E-state index is 0.212. The number of hydrogen-bond acceptors (Lipinski definition) is 4. The number of nitrogens with zero attached hydrogens (tertiary/aromatic N) is 1. The van der Waals surface area contributed by atoms with E-state index in [0.29, 0.717) is 0 Å². The fourth-order valence-electron chi connectivity index (χ4n) is 1.50. The third-order valence-electron chi connectivity index (χ3n) is 2.17. The Hall–Kier alpha value is -0.910. The number of rotatable bonds is 2. The van der Waals surface area contributed by atoms with Crippen LogP contribution >= 0.6 is 0 Å². The second kappa shape index (κ2) is 3.34. The van der Waals surface area contributed by atoms with Crippen LogP contribution in [0.2, 0.25) is 0 Å². The molecule has 0 aliphatic carbocycles. The third kappa shape index (κ3) is 1.79. The summed E-state index contributed by atoms with van der Waals surface area (Å²) in [5, 5.41) is -1.17. The zero-order valence-corrected chi connectivity index (χ0v) is 9.17. The topological polar surface area (TPSA) is 71.5 Å². The number of amides is 2. The smallest absolute Gasteiger partial charge is 0.248 e. The summed E-state index contributed by atoms with van der Waals surface area (Å²) in [6.45, 7) is 3.36. The van der Waals surface area contributed by atoms with Gasteiger partial charge in [-0.1, -0.05) is 0 Å². The van der Waals surface area contributed by atoms with Gasteiger partial charge in [-0.05, 0) is 13.8 Å². The molecule has 0 aromatic carbocycles. The lowest BCUT2D eigenvalue weighted by molar-refractivity contribution is -0.140. The second-order valence-electron chi connectivity index (χ2n) is 3.72. The van der Waals surface area contributed by atoms with Crippen LogP contribution in [0.4, 0.5) is 0 Å². The average molecular weight is 219 g/mol. The fourth-order valence-corrected chi connectivity index (χ4v) is 2.42. The molecule has 80 valence electrons. The van der Waals surface area contributed by atoms with Crippen molar-refractivity contribution in [3.05, 3.63) is 0 Å². The Morgan fingerprint density at radius 2 is 1.86 bits per heavy atom. The van der Waals surface area contributed by atoms with Crippen molar-refractivity contribution < 1.29 is 18.0 Å². The van der Waals surface area contributed by atoms with E-state index in [2.05, 4.69) is 0 Å². The third-order valence-corrected chi connectivity index (χ3v) is 3.58. The number of hydrogen-bond donors (Lipinski definition) is 0. The highest BCUT2D eigenvalue weighted by Crippen LogP contribution is 2.21. The first-order chi connectivity index (χ1) is 6.25. The highest BCUT2D eigenvalue weighted by molar-refractivity contribution is 7.92. The Balaban J connectivity index is 3.02. The highest BCUT2D eigenvalue weighted by Gasteiger charge is 2.45. The lowest BCUT2D eigenvalue weighted by Gasteiger charge is -2.18. The van der Waals surface area contributed by atoms with Gasteiger partial charge in [0, 0.05) is 12.3 Å². The van der Waals surface area contributed by atoms with E-state index in [1.54, 1.807) is 13.8 Å². The molecule has 5 nitrogen and oxygen atoms in total. The Morgan fingerprint density at radius 1 is 1.36 bits per heavy atom. The van der Waals surface area contributed by atoms with E-state index in [0.717, 1.165) is 11.2 Å². The minimum Gasteiger partial charge on any atom is -0.279 e. The molecule has 1 aliphatic heterocycles. The standard InChI is InChI=1S/C8H13NO4S/c1-5(2)9-7(10)4-6(8(9)11)14(3,12)13/h5-6H,4H2,1-3H3. The van der Waals surface area contributed by atoms with Crippen molar-refractivity contribution in [2.75, 3.05) is 6.26 Å². The SMILES string of the molecule is CC(C)N1C(=O)CC(S(C)(=O)=O)C1=O. The van der Waals surface area contributed by atoms with Gasteiger partial charge in [0.1, 0.15) is 5.25 Å². The van der Waals surface area contributed by atoms with Crippen LogP contribution in [0.5, 0.6) is 0 Å². The van der Waals surface area contributed by atoms with Crippen LogP contribution in [-0.4, -0.2) is 42.7 Å². The molecule has 0 aromatic rings. The molecule has 0 radical (unpaired) electrons. The molecule has 1 saturated heterocycles. The molecule has 1 aliphatic rings. The summed E-state index contributed by atoms with van der Waals surface area (Å²) in [4.78, 5) is 23.9. The van der Waals surface area contributed by atoms with Gasteiger partial charge < -0.3 is 0 Å². The molecular formula is C8H13NO4S. The van der Waals surface area contributed by atoms with Gasteiger partial charge in [-0.15, -0.1) is 0 Å². The summed E-state index contributed by atoms with van der Waals surface area (Å²) < 4.78 is 22.3. The van der Waals surface area contributed by atoms with Gasteiger partial charge in [0.05, 0.1) is 6.42 Å². The monoisotopic (exact) mass is 219 g/mol. The molecule has 0 N–H and O–H groups in total. The van der Waals surface area contributed by atoms with Gasteiger partial charge >= 0.3 is 0 Å². The van der Waals surface area contributed by atoms with Crippen molar-refractivity contribution in [1.29, 1.82) is 0 Å². The number of sulfone groups is 1. The van der Waals surface area contributed by atoms with E-state index in [1.165, 1.54) is 0 Å². The van der Waals surface area contributed by atoms with E-state index in [9.17, 15) is 18.0 Å². The normalized spacial score (nSPS) is 23.7. The van der Waals surface area contributed by atoms with E-state index < -0.39 is 26.9 Å². The maximum atomic E-state index is 11.5. The van der Waals surface area contributed by atoms with Crippen molar-refractivity contribution in [3.8, 4) is 0 Å². The second-order valence-corrected chi connectivity index (χ2v) is 5.95. The number of likely N-dealkylation sites (tertiary alicyclic amines) is 1. The molecular weight excluding hydrogens is 206 g/mol. The zero-order chi connectivity index (χ0) is 11.1. The van der Waals surface area contributed by atoms with Gasteiger partial charge in [0.15, 0.2) is 9.84 Å². The summed E-state index contributed by atoms with van der Waals surface area (Å²) in [6, 6.07) is -0.276. The summed E-state index contributed by atoms with van der Waals surface area (Å²) >= 11 is 0. The van der Waals surface area contributed by atoms with Crippen molar-refractivity contribution in [2.45, 2.75) is 31.6 Å². The van der Waals surface area contributed by atoms with Gasteiger partial charge in [0.25, 0.3) is 0 Å². The Morgan fingerprint density at radius 3 is 2.07 bits per heavy atom. The summed E-state index contributed by atoms with van der Waals surface area (Å²) in [7, 11) is -3.46. The van der Waals surface area contributed by atoms with Crippen molar-refractivity contribution in [2.24, 2.45) is 0 Å². The van der Waals surface area contributed by atoms with Crippen LogP contribution in [0.1, 0.15) is 20.3 Å². The highest BCUT2D eigenvalue weighted by atomic mass is 32.2. The van der Waals surface area contributed by atoms with E-state index >= 15 is 0 Å². The molecule has 6 heteroatoms. The summed E-state index contributed by atoms with van der Waals surface area (Å²) in [6.07, 6.45) is 0.766. The predicted octanol–water partition coefficient (Wildman–Crippen LogP) is -0.433. The van der Waals surface area contributed by atoms with Crippen LogP contribution < -0.4 is 0 Å². The number of carbonyl (C=O) groups is 2. The van der Waals surface area contributed by atoms with Crippen molar-refractivity contribution >= 4 is 21.7 Å². The molecule has 1 unspecified atom stereocenters. The van der Waals surface area contributed by atoms with Crippen LogP contribution in [0, 0.1) is 0 Å². The maximum Gasteiger partial charge on any atom is 0.248 e. The van der Waals surface area contributed by atoms with E-state index in [4.69, 9.17) is 0 Å². The number of imide groups is 1. The molecule has 0 saturated carbocycles. The molecule has 2 amide bonds. The van der Waals surface area contributed by atoms with Gasteiger partial charge in [-0.25, -0.2) is 8.42 Å². The van der Waals surface area contributed by atoms with Gasteiger partial charge in [-0.2, -0.15) is 0 Å². The molecule has 1 rings (SSSR count). The first-order valence-corrected chi connectivity index (χ1v) is 6.25. The van der Waals surface area contributed by atoms with Gasteiger partial charge in [0.2, 0.25) is 11.8 Å². The molecule has 1 fully saturated rings. The molecule has 0 spiro atoms. The Labute approximate surface area is 83.0 Å². The summed E-state index contributed by atoms with van der Waals surface area (Å²) in [5.41, 5.74) is 0. The average Bonchev–Trinajstić information content (AvgIpc) is 2.24. The molecule has 0 aromatic heterocycles. The van der Waals surface area contributed by atoms with E-state index in [-0.39, 0.29) is 12.5 Å². The first kappa shape index (κ1) is 11.2. The molecule has 1 atom stereocenters. The Bertz CT molecular complexity index is 371. The quantitative estimate of drug-likeness (QED) is 0.591. The van der Waals surface area contributed by atoms with Crippen LogP contribution in [-0.2, 0) is 19.4 Å². The van der Waals surface area contributed by atoms with Crippen LogP contribution in [0.25, 0.3) is 0 Å². The summed E-state index contributed by atoms with van der Waals surface area (Å²) in [5.74, 6) is -0.993. The Kier molecular flexibility index (Phi) is 2.67.